The van der Waals surface area contributed by atoms with Gasteiger partial charge in [-0.1, -0.05) is 34.8 Å². The number of benzene rings is 1. The van der Waals surface area contributed by atoms with Crippen molar-refractivity contribution in [2.45, 2.75) is 0 Å². The highest BCUT2D eigenvalue weighted by atomic mass is 35.5. The first-order chi connectivity index (χ1) is 6.68. The number of anilines is 1. The van der Waals surface area contributed by atoms with Crippen molar-refractivity contribution in [3.63, 3.8) is 0 Å². The van der Waals surface area contributed by atoms with Crippen LogP contribution in [0.25, 0.3) is 0 Å². The van der Waals surface area contributed by atoms with Gasteiger partial charge in [0.1, 0.15) is 0 Å². The predicted molar refractivity (Wildman–Crippen MR) is 61.1 cm³/mol. The summed E-state index contributed by atoms with van der Waals surface area (Å²) < 4.78 is 0. The molecule has 0 aliphatic carbocycles. The lowest BCUT2D eigenvalue weighted by Crippen LogP contribution is -2.29. The Bertz CT molecular complexity index is 359. The molecule has 0 unspecified atom stereocenters. The van der Waals surface area contributed by atoms with Crippen molar-refractivity contribution in [3.05, 3.63) is 39.5 Å². The fourth-order valence-electron chi connectivity index (χ4n) is 1.30. The van der Waals surface area contributed by atoms with Crippen molar-refractivity contribution in [1.29, 1.82) is 0 Å². The van der Waals surface area contributed by atoms with E-state index in [2.05, 4.69) is 5.43 Å². The lowest BCUT2D eigenvalue weighted by atomic mass is 10.3. The third kappa shape index (κ3) is 1.78. The van der Waals surface area contributed by atoms with Crippen molar-refractivity contribution in [2.24, 2.45) is 0 Å². The van der Waals surface area contributed by atoms with Crippen LogP contribution in [0, 0.1) is 0 Å². The molecule has 1 aromatic rings. The highest BCUT2D eigenvalue weighted by Gasteiger charge is 2.15. The summed E-state index contributed by atoms with van der Waals surface area (Å²) in [5, 5.41) is 3.47. The summed E-state index contributed by atoms with van der Waals surface area (Å²) in [6, 6.07) is 3.34. The van der Waals surface area contributed by atoms with E-state index >= 15 is 0 Å². The van der Waals surface area contributed by atoms with Crippen LogP contribution in [0.4, 0.5) is 5.69 Å². The summed E-state index contributed by atoms with van der Waals surface area (Å²) in [4.78, 5) is 0. The average Bonchev–Trinajstić information content (AvgIpc) is 2.54. The molecule has 1 heterocycles. The first kappa shape index (κ1) is 9.97. The molecular formula is C9H7Cl3N2. The molecule has 2 nitrogen and oxygen atoms in total. The van der Waals surface area contributed by atoms with Gasteiger partial charge in [-0.25, -0.2) is 0 Å². The van der Waals surface area contributed by atoms with Crippen LogP contribution < -0.4 is 10.4 Å². The zero-order valence-corrected chi connectivity index (χ0v) is 9.37. The molecule has 0 atom stereocenters. The summed E-state index contributed by atoms with van der Waals surface area (Å²) in [5.41, 5.74) is 3.77. The van der Waals surface area contributed by atoms with Crippen molar-refractivity contribution < 1.29 is 0 Å². The van der Waals surface area contributed by atoms with Crippen LogP contribution in [-0.2, 0) is 0 Å². The molecule has 74 valence electrons. The Kier molecular flexibility index (Phi) is 2.77. The summed E-state index contributed by atoms with van der Waals surface area (Å²) >= 11 is 17.9. The molecule has 5 heteroatoms. The van der Waals surface area contributed by atoms with Gasteiger partial charge in [-0.05, 0) is 18.2 Å². The lowest BCUT2D eigenvalue weighted by molar-refractivity contribution is 0.841. The Morgan fingerprint density at radius 1 is 1.14 bits per heavy atom. The van der Waals surface area contributed by atoms with Gasteiger partial charge in [0, 0.05) is 11.2 Å². The fraction of sp³-hybridized carbons (Fsp3) is 0.111. The maximum absolute atomic E-state index is 6.04. The summed E-state index contributed by atoms with van der Waals surface area (Å²) in [6.07, 6.45) is 3.81. The Labute approximate surface area is 97.0 Å². The van der Waals surface area contributed by atoms with E-state index < -0.39 is 0 Å². The minimum atomic E-state index is 0.538. The summed E-state index contributed by atoms with van der Waals surface area (Å²) in [6.45, 7) is 0.737. The molecule has 0 amide bonds. The molecule has 0 radical (unpaired) electrons. The molecule has 0 bridgehead atoms. The Balaban J connectivity index is 2.41. The first-order valence-corrected chi connectivity index (χ1v) is 5.15. The number of hydrogen-bond acceptors (Lipinski definition) is 2. The van der Waals surface area contributed by atoms with Gasteiger partial charge in [0.05, 0.1) is 22.3 Å². The topological polar surface area (TPSA) is 15.3 Å². The van der Waals surface area contributed by atoms with Crippen LogP contribution in [0.5, 0.6) is 0 Å². The highest BCUT2D eigenvalue weighted by molar-refractivity contribution is 6.41. The largest absolute Gasteiger partial charge is 0.306 e. The van der Waals surface area contributed by atoms with Gasteiger partial charge in [0.15, 0.2) is 0 Å². The molecular weight excluding hydrogens is 242 g/mol. The minimum absolute atomic E-state index is 0.538. The van der Waals surface area contributed by atoms with Gasteiger partial charge < -0.3 is 5.43 Å². The maximum Gasteiger partial charge on any atom is 0.0948 e. The van der Waals surface area contributed by atoms with Crippen LogP contribution >= 0.6 is 34.8 Å². The highest BCUT2D eigenvalue weighted by Crippen LogP contribution is 2.36. The third-order valence-corrected chi connectivity index (χ3v) is 2.68. The van der Waals surface area contributed by atoms with Crippen LogP contribution in [0.15, 0.2) is 24.4 Å². The van der Waals surface area contributed by atoms with Gasteiger partial charge >= 0.3 is 0 Å². The quantitative estimate of drug-likeness (QED) is 0.820. The first-order valence-electron chi connectivity index (χ1n) is 4.02. The van der Waals surface area contributed by atoms with Crippen molar-refractivity contribution in [2.75, 3.05) is 11.6 Å². The lowest BCUT2D eigenvalue weighted by Gasteiger charge is -2.21. The molecule has 0 aromatic heterocycles. The van der Waals surface area contributed by atoms with Crippen molar-refractivity contribution in [3.8, 4) is 0 Å². The van der Waals surface area contributed by atoms with Crippen LogP contribution in [0.3, 0.4) is 0 Å². The minimum Gasteiger partial charge on any atom is -0.306 e. The second-order valence-corrected chi connectivity index (χ2v) is 4.11. The fourth-order valence-corrected chi connectivity index (χ4v) is 2.32. The Hall–Kier alpha value is -0.570. The molecule has 0 saturated carbocycles. The number of hydrogen-bond donors (Lipinski definition) is 1. The van der Waals surface area contributed by atoms with E-state index in [4.69, 9.17) is 34.8 Å². The van der Waals surface area contributed by atoms with Crippen LogP contribution in [0.2, 0.25) is 15.1 Å². The van der Waals surface area contributed by atoms with Gasteiger partial charge in [-0.3, -0.25) is 5.01 Å². The average molecular weight is 250 g/mol. The van der Waals surface area contributed by atoms with E-state index in [-0.39, 0.29) is 0 Å². The van der Waals surface area contributed by atoms with Gasteiger partial charge in [0.2, 0.25) is 0 Å². The van der Waals surface area contributed by atoms with E-state index in [9.17, 15) is 0 Å². The van der Waals surface area contributed by atoms with Gasteiger partial charge in [0.25, 0.3) is 0 Å². The monoisotopic (exact) mass is 248 g/mol. The van der Waals surface area contributed by atoms with Crippen molar-refractivity contribution >= 4 is 40.5 Å². The summed E-state index contributed by atoms with van der Waals surface area (Å²) in [7, 11) is 0. The molecule has 0 saturated heterocycles. The number of nitrogens with one attached hydrogen (secondary N) is 1. The summed E-state index contributed by atoms with van der Waals surface area (Å²) in [5.74, 6) is 0. The van der Waals surface area contributed by atoms with E-state index in [0.29, 0.717) is 15.1 Å². The third-order valence-electron chi connectivity index (χ3n) is 1.89. The zero-order chi connectivity index (χ0) is 10.1. The molecule has 0 spiro atoms. The zero-order valence-electron chi connectivity index (χ0n) is 7.10. The number of rotatable bonds is 1. The van der Waals surface area contributed by atoms with E-state index in [1.165, 1.54) is 0 Å². The molecule has 1 aliphatic heterocycles. The van der Waals surface area contributed by atoms with Crippen LogP contribution in [0.1, 0.15) is 0 Å². The second kappa shape index (κ2) is 3.89. The maximum atomic E-state index is 6.04. The standard InChI is InChI=1S/C9H7Cl3N2/c10-6-4-7(11)9(8(12)5-6)14-3-1-2-13-14/h1-2,4-5,13H,3H2. The van der Waals surface area contributed by atoms with E-state index in [1.807, 2.05) is 17.3 Å². The van der Waals surface area contributed by atoms with Crippen molar-refractivity contribution in [1.82, 2.24) is 5.43 Å². The van der Waals surface area contributed by atoms with Gasteiger partial charge in [-0.2, -0.15) is 0 Å². The smallest absolute Gasteiger partial charge is 0.0948 e. The Morgan fingerprint density at radius 2 is 1.79 bits per heavy atom. The number of hydrazine groups is 1. The number of halogens is 3. The molecule has 0 fully saturated rings. The Morgan fingerprint density at radius 3 is 2.29 bits per heavy atom. The molecule has 2 rings (SSSR count). The number of nitrogens with zero attached hydrogens (tertiary/aromatic N) is 1. The van der Waals surface area contributed by atoms with Gasteiger partial charge in [-0.15, -0.1) is 0 Å². The predicted octanol–water partition coefficient (Wildman–Crippen LogP) is 3.49. The molecule has 1 N–H and O–H groups in total. The van der Waals surface area contributed by atoms with Crippen LogP contribution in [-0.4, -0.2) is 6.54 Å². The second-order valence-electron chi connectivity index (χ2n) is 2.86. The van der Waals surface area contributed by atoms with E-state index in [0.717, 1.165) is 12.2 Å². The molecule has 1 aliphatic rings. The van der Waals surface area contributed by atoms with E-state index in [1.54, 1.807) is 12.1 Å². The SMILES string of the molecule is Clc1cc(Cl)c(N2CC=CN2)c(Cl)c1. The normalized spacial score (nSPS) is 14.6. The molecule has 1 aromatic carbocycles. The molecule has 14 heavy (non-hydrogen) atoms.